The maximum Gasteiger partial charge on any atom is 0.136 e. The molecule has 0 fully saturated rings. The predicted molar refractivity (Wildman–Crippen MR) is 222 cm³/mol. The van der Waals surface area contributed by atoms with E-state index in [0.717, 1.165) is 55.0 Å². The van der Waals surface area contributed by atoms with Crippen molar-refractivity contribution in [3.05, 3.63) is 164 Å². The number of hydrogen-bond acceptors (Lipinski definition) is 2. The maximum absolute atomic E-state index is 6.44. The van der Waals surface area contributed by atoms with Gasteiger partial charge in [0.15, 0.2) is 0 Å². The van der Waals surface area contributed by atoms with Gasteiger partial charge >= 0.3 is 0 Å². The minimum atomic E-state index is 0.907. The Kier molecular flexibility index (Phi) is 5.11. The minimum absolute atomic E-state index is 0.907. The maximum atomic E-state index is 6.44. The molecule has 4 aromatic heterocycles. The fraction of sp³-hybridized carbons (Fsp3) is 0. The van der Waals surface area contributed by atoms with Crippen molar-refractivity contribution in [1.29, 1.82) is 0 Å². The van der Waals surface area contributed by atoms with Crippen molar-refractivity contribution in [1.82, 2.24) is 4.40 Å². The van der Waals surface area contributed by atoms with Crippen LogP contribution >= 0.6 is 0 Å². The molecule has 4 heterocycles. The van der Waals surface area contributed by atoms with Gasteiger partial charge in [-0.1, -0.05) is 115 Å². The van der Waals surface area contributed by atoms with Crippen LogP contribution in [0.4, 0.5) is 0 Å². The first-order valence-electron chi connectivity index (χ1n) is 18.2. The molecule has 13 rings (SSSR count). The van der Waals surface area contributed by atoms with Gasteiger partial charge in [-0.25, -0.2) is 0 Å². The van der Waals surface area contributed by atoms with Crippen LogP contribution in [0, 0.1) is 0 Å². The summed E-state index contributed by atoms with van der Waals surface area (Å²) in [5.41, 5.74) is 12.1. The molecule has 9 aromatic carbocycles. The van der Waals surface area contributed by atoms with Gasteiger partial charge in [-0.2, -0.15) is 0 Å². The summed E-state index contributed by atoms with van der Waals surface area (Å²) < 4.78 is 15.4. The number of hydrogen-bond donors (Lipinski definition) is 0. The highest BCUT2D eigenvalue weighted by Gasteiger charge is 2.25. The van der Waals surface area contributed by atoms with Gasteiger partial charge in [-0.05, 0) is 92.3 Å². The second kappa shape index (κ2) is 9.81. The molecule has 0 amide bonds. The van der Waals surface area contributed by atoms with Gasteiger partial charge in [0.05, 0.1) is 16.6 Å². The van der Waals surface area contributed by atoms with Crippen molar-refractivity contribution < 1.29 is 8.83 Å². The third kappa shape index (κ3) is 3.53. The highest BCUT2D eigenvalue weighted by atomic mass is 16.3. The molecule has 0 bridgehead atoms. The Hall–Kier alpha value is -7.10. The lowest BCUT2D eigenvalue weighted by atomic mass is 9.90. The summed E-state index contributed by atoms with van der Waals surface area (Å²) in [6.07, 6.45) is 0. The second-order valence-corrected chi connectivity index (χ2v) is 14.4. The molecule has 0 aliphatic rings. The molecule has 244 valence electrons. The zero-order chi connectivity index (χ0) is 34.4. The van der Waals surface area contributed by atoms with E-state index in [1.165, 1.54) is 70.8 Å². The number of benzene rings is 9. The molecule has 0 spiro atoms. The highest BCUT2D eigenvalue weighted by Crippen LogP contribution is 2.49. The lowest BCUT2D eigenvalue weighted by Gasteiger charge is -2.13. The lowest BCUT2D eigenvalue weighted by molar-refractivity contribution is 0.668. The van der Waals surface area contributed by atoms with Crippen molar-refractivity contribution in [3.8, 4) is 22.3 Å². The summed E-state index contributed by atoms with van der Waals surface area (Å²) >= 11 is 0. The average molecular weight is 674 g/mol. The van der Waals surface area contributed by atoms with Crippen molar-refractivity contribution >= 4 is 104 Å². The van der Waals surface area contributed by atoms with E-state index in [9.17, 15) is 0 Å². The lowest BCUT2D eigenvalue weighted by Crippen LogP contribution is -1.89. The molecule has 0 radical (unpaired) electrons. The summed E-state index contributed by atoms with van der Waals surface area (Å²) in [6, 6.07) is 59.3. The summed E-state index contributed by atoms with van der Waals surface area (Å²) in [5.74, 6) is 0. The number of rotatable bonds is 2. The molecule has 0 aliphatic heterocycles. The standard InChI is InChI=1S/C50H27NO2/c1-3-12-32-28(10-1)24-40-48(46(32)30-20-22-36-34-14-5-7-18-42(34)52-44(36)26-30)38-16-9-17-39-49-41(51(40)50(38)39)25-29-11-2-4-13-33(29)47(49)31-21-23-37-35-15-6-8-19-43(35)53-45(37)27-31/h1-27H. The molecule has 0 N–H and O–H groups in total. The van der Waals surface area contributed by atoms with E-state index in [1.807, 2.05) is 12.1 Å². The normalized spacial score (nSPS) is 12.5. The van der Waals surface area contributed by atoms with Crippen LogP contribution in [0.25, 0.3) is 126 Å². The molecule has 0 saturated carbocycles. The van der Waals surface area contributed by atoms with Crippen molar-refractivity contribution in [2.24, 2.45) is 0 Å². The van der Waals surface area contributed by atoms with Gasteiger partial charge in [-0.3, -0.25) is 0 Å². The van der Waals surface area contributed by atoms with Crippen LogP contribution in [0.15, 0.2) is 173 Å². The second-order valence-electron chi connectivity index (χ2n) is 14.4. The monoisotopic (exact) mass is 673 g/mol. The van der Waals surface area contributed by atoms with Gasteiger partial charge in [-0.15, -0.1) is 0 Å². The summed E-state index contributed by atoms with van der Waals surface area (Å²) in [6.45, 7) is 0. The summed E-state index contributed by atoms with van der Waals surface area (Å²) in [5, 5.41) is 14.5. The SMILES string of the molecule is c1ccc2c(-c3ccc4c(c3)oc3ccccc34)c3c4cccc5c6c(-c7ccc8c(c7)oc7ccccc78)c7ccccc7cc6n(c3cc2c1)c45. The molecule has 3 nitrogen and oxygen atoms in total. The molecule has 3 heteroatoms. The topological polar surface area (TPSA) is 30.7 Å². The van der Waals surface area contributed by atoms with Crippen LogP contribution in [0.5, 0.6) is 0 Å². The van der Waals surface area contributed by atoms with Crippen LogP contribution in [0.3, 0.4) is 0 Å². The van der Waals surface area contributed by atoms with E-state index in [2.05, 4.69) is 156 Å². The van der Waals surface area contributed by atoms with E-state index in [1.54, 1.807) is 0 Å². The van der Waals surface area contributed by atoms with E-state index >= 15 is 0 Å². The van der Waals surface area contributed by atoms with Crippen LogP contribution in [-0.2, 0) is 0 Å². The molecule has 13 aromatic rings. The fourth-order valence-electron chi connectivity index (χ4n) is 9.48. The van der Waals surface area contributed by atoms with Gasteiger partial charge in [0.25, 0.3) is 0 Å². The number of nitrogens with zero attached hydrogens (tertiary/aromatic N) is 1. The van der Waals surface area contributed by atoms with E-state index < -0.39 is 0 Å². The van der Waals surface area contributed by atoms with Crippen molar-refractivity contribution in [2.45, 2.75) is 0 Å². The van der Waals surface area contributed by atoms with E-state index in [0.29, 0.717) is 0 Å². The minimum Gasteiger partial charge on any atom is -0.456 e. The first-order chi connectivity index (χ1) is 26.3. The number of furan rings is 2. The quantitative estimate of drug-likeness (QED) is 0.183. The number of fused-ring (bicyclic) bond motifs is 14. The van der Waals surface area contributed by atoms with Gasteiger partial charge in [0.1, 0.15) is 22.3 Å². The van der Waals surface area contributed by atoms with Crippen molar-refractivity contribution in [2.75, 3.05) is 0 Å². The molecule has 0 aliphatic carbocycles. The largest absolute Gasteiger partial charge is 0.456 e. The third-order valence-corrected chi connectivity index (χ3v) is 11.7. The Labute approximate surface area is 301 Å². The Morgan fingerprint density at radius 2 is 0.736 bits per heavy atom. The van der Waals surface area contributed by atoms with E-state index in [4.69, 9.17) is 8.83 Å². The molecule has 53 heavy (non-hydrogen) atoms. The van der Waals surface area contributed by atoms with Crippen molar-refractivity contribution in [3.63, 3.8) is 0 Å². The Bertz CT molecular complexity index is 3450. The van der Waals surface area contributed by atoms with E-state index in [-0.39, 0.29) is 0 Å². The molecule has 0 atom stereocenters. The number of para-hydroxylation sites is 3. The summed E-state index contributed by atoms with van der Waals surface area (Å²) in [4.78, 5) is 0. The zero-order valence-corrected chi connectivity index (χ0v) is 28.4. The Morgan fingerprint density at radius 3 is 1.25 bits per heavy atom. The van der Waals surface area contributed by atoms with Crippen LogP contribution in [0.2, 0.25) is 0 Å². The zero-order valence-electron chi connectivity index (χ0n) is 28.4. The van der Waals surface area contributed by atoms with Crippen LogP contribution in [0.1, 0.15) is 0 Å². The Balaban J connectivity index is 1.18. The Morgan fingerprint density at radius 1 is 0.321 bits per heavy atom. The highest BCUT2D eigenvalue weighted by molar-refractivity contribution is 6.33. The number of aromatic nitrogens is 1. The third-order valence-electron chi connectivity index (χ3n) is 11.7. The first kappa shape index (κ1) is 27.6. The molecule has 0 unspecified atom stereocenters. The van der Waals surface area contributed by atoms with Gasteiger partial charge in [0.2, 0.25) is 0 Å². The molecular formula is C50H27NO2. The average Bonchev–Trinajstić information content (AvgIpc) is 3.95. The molecular weight excluding hydrogens is 647 g/mol. The van der Waals surface area contributed by atoms with Crippen LogP contribution < -0.4 is 0 Å². The van der Waals surface area contributed by atoms with Crippen LogP contribution in [-0.4, -0.2) is 4.40 Å². The van der Waals surface area contributed by atoms with Gasteiger partial charge in [0, 0.05) is 43.1 Å². The smallest absolute Gasteiger partial charge is 0.136 e. The fourth-order valence-corrected chi connectivity index (χ4v) is 9.48. The first-order valence-corrected chi connectivity index (χ1v) is 18.2. The predicted octanol–water partition coefficient (Wildman–Crippen LogP) is 14.3. The van der Waals surface area contributed by atoms with Gasteiger partial charge < -0.3 is 13.2 Å². The summed E-state index contributed by atoms with van der Waals surface area (Å²) in [7, 11) is 0. The molecule has 0 saturated heterocycles.